The molecular weight excluding hydrogens is 476 g/mol. The van der Waals surface area contributed by atoms with Gasteiger partial charge in [0.25, 0.3) is 0 Å². The molecule has 0 aliphatic heterocycles. The van der Waals surface area contributed by atoms with Gasteiger partial charge in [-0.1, -0.05) is 13.8 Å². The summed E-state index contributed by atoms with van der Waals surface area (Å²) in [6.45, 7) is 3.86. The van der Waals surface area contributed by atoms with Gasteiger partial charge in [-0.3, -0.25) is 24.2 Å². The summed E-state index contributed by atoms with van der Waals surface area (Å²) in [5.74, 6) is -5.49. The smallest absolute Gasteiger partial charge is 0.326 e. The first kappa shape index (κ1) is 32.5. The number of rotatable bonds is 18. The van der Waals surface area contributed by atoms with Crippen molar-refractivity contribution >= 4 is 35.6 Å². The van der Waals surface area contributed by atoms with Crippen molar-refractivity contribution < 1.29 is 34.2 Å². The van der Waals surface area contributed by atoms with Crippen molar-refractivity contribution in [1.82, 2.24) is 16.0 Å². The molecule has 0 aromatic carbocycles. The largest absolute Gasteiger partial charge is 0.481 e. The Kier molecular flexibility index (Phi) is 15.4. The summed E-state index contributed by atoms with van der Waals surface area (Å²) < 4.78 is 0. The molecule has 15 heteroatoms. The third-order valence-electron chi connectivity index (χ3n) is 5.17. The van der Waals surface area contributed by atoms with Crippen molar-refractivity contribution in [2.75, 3.05) is 13.1 Å². The average molecular weight is 517 g/mol. The summed E-state index contributed by atoms with van der Waals surface area (Å²) in [4.78, 5) is 64.7. The van der Waals surface area contributed by atoms with Crippen LogP contribution in [-0.4, -0.2) is 83.1 Å². The fourth-order valence-electron chi connectivity index (χ4n) is 3.02. The molecule has 36 heavy (non-hydrogen) atoms. The van der Waals surface area contributed by atoms with Gasteiger partial charge in [0.1, 0.15) is 18.1 Å². The van der Waals surface area contributed by atoms with Gasteiger partial charge in [-0.25, -0.2) is 4.79 Å². The van der Waals surface area contributed by atoms with Crippen molar-refractivity contribution in [3.8, 4) is 0 Å². The number of amides is 3. The van der Waals surface area contributed by atoms with Gasteiger partial charge in [-0.15, -0.1) is 0 Å². The molecule has 0 aliphatic carbocycles. The highest BCUT2D eigenvalue weighted by Gasteiger charge is 2.31. The van der Waals surface area contributed by atoms with Crippen LogP contribution in [0.3, 0.4) is 0 Å². The summed E-state index contributed by atoms with van der Waals surface area (Å²) in [6.07, 6.45) is 0.592. The first-order valence-electron chi connectivity index (χ1n) is 11.7. The molecular formula is C21H40N8O7. The van der Waals surface area contributed by atoms with E-state index in [-0.39, 0.29) is 37.7 Å². The average Bonchev–Trinajstić information content (AvgIpc) is 2.78. The number of nitrogens with one attached hydrogen (secondary N) is 3. The van der Waals surface area contributed by atoms with Crippen LogP contribution in [-0.2, 0) is 24.0 Å². The molecule has 0 rings (SSSR count). The van der Waals surface area contributed by atoms with Crippen LogP contribution >= 0.6 is 0 Å². The van der Waals surface area contributed by atoms with Gasteiger partial charge in [0.15, 0.2) is 5.96 Å². The Morgan fingerprint density at radius 2 is 1.33 bits per heavy atom. The number of carbonyl (C=O) groups is 5. The first-order chi connectivity index (χ1) is 16.8. The monoisotopic (exact) mass is 516 g/mol. The highest BCUT2D eigenvalue weighted by molar-refractivity contribution is 5.95. The SMILES string of the molecule is CC(C)C(N)C(=O)NC(CC(=O)O)C(=O)NC(CCCCN)C(=O)NC(CCCN=C(N)N)C(=O)O. The minimum absolute atomic E-state index is 0.0199. The van der Waals surface area contributed by atoms with E-state index in [1.54, 1.807) is 13.8 Å². The third-order valence-corrected chi connectivity index (χ3v) is 5.17. The number of hydrogen-bond acceptors (Lipinski definition) is 8. The number of aliphatic imine (C=N–C) groups is 1. The number of nitrogens with two attached hydrogens (primary N) is 4. The molecule has 0 aliphatic rings. The van der Waals surface area contributed by atoms with Gasteiger partial charge in [0.2, 0.25) is 17.7 Å². The number of carbonyl (C=O) groups excluding carboxylic acids is 3. The van der Waals surface area contributed by atoms with Gasteiger partial charge in [-0.05, 0) is 44.6 Å². The molecule has 4 unspecified atom stereocenters. The maximum Gasteiger partial charge on any atom is 0.326 e. The van der Waals surface area contributed by atoms with Crippen LogP contribution in [0.2, 0.25) is 0 Å². The molecule has 4 atom stereocenters. The van der Waals surface area contributed by atoms with E-state index in [1.165, 1.54) is 0 Å². The van der Waals surface area contributed by atoms with Crippen molar-refractivity contribution in [1.29, 1.82) is 0 Å². The molecule has 3 amide bonds. The van der Waals surface area contributed by atoms with E-state index in [0.29, 0.717) is 19.4 Å². The number of hydrogen-bond donors (Lipinski definition) is 9. The Bertz CT molecular complexity index is 786. The lowest BCUT2D eigenvalue weighted by Gasteiger charge is -2.25. The van der Waals surface area contributed by atoms with Crippen LogP contribution in [0.4, 0.5) is 0 Å². The number of guanidine groups is 1. The van der Waals surface area contributed by atoms with Crippen molar-refractivity contribution in [3.63, 3.8) is 0 Å². The molecule has 0 heterocycles. The molecule has 206 valence electrons. The fourth-order valence-corrected chi connectivity index (χ4v) is 3.02. The van der Waals surface area contributed by atoms with Crippen molar-refractivity contribution in [2.24, 2.45) is 33.8 Å². The highest BCUT2D eigenvalue weighted by atomic mass is 16.4. The zero-order chi connectivity index (χ0) is 27.8. The molecule has 13 N–H and O–H groups in total. The second kappa shape index (κ2) is 17.0. The topological polar surface area (TPSA) is 278 Å². The lowest BCUT2D eigenvalue weighted by atomic mass is 10.0. The summed E-state index contributed by atoms with van der Waals surface area (Å²) in [5, 5.41) is 25.7. The molecule has 0 fully saturated rings. The Morgan fingerprint density at radius 3 is 1.83 bits per heavy atom. The number of aliphatic carboxylic acids is 2. The maximum atomic E-state index is 12.9. The molecule has 15 nitrogen and oxygen atoms in total. The predicted octanol–water partition coefficient (Wildman–Crippen LogP) is -2.83. The van der Waals surface area contributed by atoms with E-state index in [2.05, 4.69) is 20.9 Å². The Balaban J connectivity index is 5.51. The zero-order valence-corrected chi connectivity index (χ0v) is 20.7. The van der Waals surface area contributed by atoms with E-state index in [1.807, 2.05) is 0 Å². The van der Waals surface area contributed by atoms with E-state index in [9.17, 15) is 34.2 Å². The second-order valence-corrected chi connectivity index (χ2v) is 8.62. The summed E-state index contributed by atoms with van der Waals surface area (Å²) in [5.41, 5.74) is 21.7. The minimum Gasteiger partial charge on any atom is -0.481 e. The van der Waals surface area contributed by atoms with Crippen LogP contribution in [0, 0.1) is 5.92 Å². The summed E-state index contributed by atoms with van der Waals surface area (Å²) >= 11 is 0. The maximum absolute atomic E-state index is 12.9. The van der Waals surface area contributed by atoms with Gasteiger partial charge in [0, 0.05) is 6.54 Å². The van der Waals surface area contributed by atoms with Crippen LogP contribution in [0.15, 0.2) is 4.99 Å². The molecule has 0 radical (unpaired) electrons. The quantitative estimate of drug-likeness (QED) is 0.0508. The van der Waals surface area contributed by atoms with Crippen LogP contribution in [0.1, 0.15) is 52.4 Å². The summed E-state index contributed by atoms with van der Waals surface area (Å²) in [7, 11) is 0. The normalized spacial score (nSPS) is 14.1. The molecule has 0 bridgehead atoms. The van der Waals surface area contributed by atoms with E-state index < -0.39 is 60.2 Å². The lowest BCUT2D eigenvalue weighted by molar-refractivity contribution is -0.143. The minimum atomic E-state index is -1.50. The Hall–Kier alpha value is -3.46. The number of nitrogens with zero attached hydrogens (tertiary/aromatic N) is 1. The summed E-state index contributed by atoms with van der Waals surface area (Å²) in [6, 6.07) is -4.96. The first-order valence-corrected chi connectivity index (χ1v) is 11.7. The van der Waals surface area contributed by atoms with Gasteiger partial charge < -0.3 is 49.1 Å². The Labute approximate surface area is 209 Å². The third kappa shape index (κ3) is 13.4. The molecule has 0 aromatic rings. The van der Waals surface area contributed by atoms with Crippen molar-refractivity contribution in [3.05, 3.63) is 0 Å². The van der Waals surface area contributed by atoms with Crippen LogP contribution in [0.25, 0.3) is 0 Å². The number of unbranched alkanes of at least 4 members (excludes halogenated alkanes) is 1. The lowest BCUT2D eigenvalue weighted by Crippen LogP contribution is -2.58. The molecule has 0 aromatic heterocycles. The second-order valence-electron chi connectivity index (χ2n) is 8.62. The van der Waals surface area contributed by atoms with Crippen LogP contribution in [0.5, 0.6) is 0 Å². The zero-order valence-electron chi connectivity index (χ0n) is 20.7. The van der Waals surface area contributed by atoms with Gasteiger partial charge >= 0.3 is 11.9 Å². The van der Waals surface area contributed by atoms with E-state index in [4.69, 9.17) is 22.9 Å². The highest BCUT2D eigenvalue weighted by Crippen LogP contribution is 2.07. The van der Waals surface area contributed by atoms with Crippen LogP contribution < -0.4 is 38.9 Å². The van der Waals surface area contributed by atoms with E-state index >= 15 is 0 Å². The molecule has 0 saturated heterocycles. The van der Waals surface area contributed by atoms with E-state index in [0.717, 1.165) is 0 Å². The standard InChI is InChI=1S/C21H40N8O7/c1-11(2)16(23)19(34)29-14(10-15(30)31)18(33)27-12(6-3-4-8-22)17(32)28-13(20(35)36)7-5-9-26-21(24)25/h11-14,16H,3-10,22-23H2,1-2H3,(H,27,33)(H,28,32)(H,29,34)(H,30,31)(H,35,36)(H4,24,25,26). The molecule has 0 spiro atoms. The van der Waals surface area contributed by atoms with Gasteiger partial charge in [0.05, 0.1) is 12.5 Å². The Morgan fingerprint density at radius 1 is 0.806 bits per heavy atom. The number of carboxylic acid groups (broad SMARTS) is 2. The van der Waals surface area contributed by atoms with Gasteiger partial charge in [-0.2, -0.15) is 0 Å². The predicted molar refractivity (Wildman–Crippen MR) is 131 cm³/mol. The van der Waals surface area contributed by atoms with Crippen molar-refractivity contribution in [2.45, 2.75) is 76.5 Å². The molecule has 0 saturated carbocycles. The number of carboxylic acids is 2. The fraction of sp³-hybridized carbons (Fsp3) is 0.714.